The minimum Gasteiger partial charge on any atom is -0.398 e. The lowest BCUT2D eigenvalue weighted by molar-refractivity contribution is 0.918. The lowest BCUT2D eigenvalue weighted by Crippen LogP contribution is -2.16. The van der Waals surface area contributed by atoms with Crippen molar-refractivity contribution in [3.05, 3.63) is 58.1 Å². The molecule has 0 aliphatic rings. The second kappa shape index (κ2) is 6.11. The molecule has 0 atom stereocenters. The number of aryl methyl sites for hydroxylation is 1. The largest absolute Gasteiger partial charge is 0.398 e. The van der Waals surface area contributed by atoms with Crippen molar-refractivity contribution < 1.29 is 0 Å². The molecular weight excluding hydrogens is 300 g/mol. The SMILES string of the molecule is CCc1ccc(N(C)Cc2cccc(N)c2Br)cc1. The first kappa shape index (κ1) is 13.9. The van der Waals surface area contributed by atoms with Crippen LogP contribution in [0.2, 0.25) is 0 Å². The zero-order chi connectivity index (χ0) is 13.8. The predicted molar refractivity (Wildman–Crippen MR) is 86.5 cm³/mol. The van der Waals surface area contributed by atoms with E-state index in [1.807, 2.05) is 12.1 Å². The molecule has 2 rings (SSSR count). The number of rotatable bonds is 4. The zero-order valence-corrected chi connectivity index (χ0v) is 12.9. The van der Waals surface area contributed by atoms with Crippen LogP contribution in [0.3, 0.4) is 0 Å². The van der Waals surface area contributed by atoms with Crippen LogP contribution in [0.25, 0.3) is 0 Å². The van der Waals surface area contributed by atoms with Gasteiger partial charge in [-0.1, -0.05) is 31.2 Å². The first-order valence-electron chi connectivity index (χ1n) is 6.44. The van der Waals surface area contributed by atoms with Crippen LogP contribution < -0.4 is 10.6 Å². The molecule has 3 heteroatoms. The van der Waals surface area contributed by atoms with E-state index in [0.29, 0.717) is 0 Å². The van der Waals surface area contributed by atoms with Gasteiger partial charge in [0, 0.05) is 29.4 Å². The summed E-state index contributed by atoms with van der Waals surface area (Å²) in [5.74, 6) is 0. The highest BCUT2D eigenvalue weighted by Crippen LogP contribution is 2.26. The van der Waals surface area contributed by atoms with Crippen LogP contribution in [-0.2, 0) is 13.0 Å². The minimum atomic E-state index is 0.784. The highest BCUT2D eigenvalue weighted by atomic mass is 79.9. The molecule has 2 aromatic carbocycles. The number of nitrogens with two attached hydrogens (primary N) is 1. The Kier molecular flexibility index (Phi) is 4.48. The summed E-state index contributed by atoms with van der Waals surface area (Å²) in [7, 11) is 2.09. The highest BCUT2D eigenvalue weighted by molar-refractivity contribution is 9.10. The standard InChI is InChI=1S/C16H19BrN2/c1-3-12-7-9-14(10-8-12)19(2)11-13-5-4-6-15(18)16(13)17/h4-10H,3,11,18H2,1-2H3. The summed E-state index contributed by atoms with van der Waals surface area (Å²) < 4.78 is 0.993. The molecule has 0 amide bonds. The Hall–Kier alpha value is -1.48. The molecule has 19 heavy (non-hydrogen) atoms. The summed E-state index contributed by atoms with van der Waals surface area (Å²) in [4.78, 5) is 2.22. The normalized spacial score (nSPS) is 10.5. The fraction of sp³-hybridized carbons (Fsp3) is 0.250. The summed E-state index contributed by atoms with van der Waals surface area (Å²) in [6, 6.07) is 14.7. The predicted octanol–water partition coefficient (Wildman–Crippen LogP) is 4.23. The number of hydrogen-bond acceptors (Lipinski definition) is 2. The first-order chi connectivity index (χ1) is 9.11. The van der Waals surface area contributed by atoms with Crippen molar-refractivity contribution in [3.8, 4) is 0 Å². The fourth-order valence-corrected chi connectivity index (χ4v) is 2.44. The Bertz CT molecular complexity index is 549. The third-order valence-corrected chi connectivity index (χ3v) is 4.27. The van der Waals surface area contributed by atoms with Gasteiger partial charge in [0.1, 0.15) is 0 Å². The van der Waals surface area contributed by atoms with E-state index >= 15 is 0 Å². The maximum absolute atomic E-state index is 5.91. The molecule has 0 fully saturated rings. The van der Waals surface area contributed by atoms with Crippen LogP contribution in [0.5, 0.6) is 0 Å². The van der Waals surface area contributed by atoms with Gasteiger partial charge in [-0.3, -0.25) is 0 Å². The van der Waals surface area contributed by atoms with Crippen molar-refractivity contribution in [1.29, 1.82) is 0 Å². The van der Waals surface area contributed by atoms with Crippen molar-refractivity contribution in [2.24, 2.45) is 0 Å². The number of nitrogen functional groups attached to an aromatic ring is 1. The molecule has 0 bridgehead atoms. The second-order valence-corrected chi connectivity index (χ2v) is 5.49. The number of nitrogens with zero attached hydrogens (tertiary/aromatic N) is 1. The average Bonchev–Trinajstić information content (AvgIpc) is 2.44. The van der Waals surface area contributed by atoms with E-state index < -0.39 is 0 Å². The van der Waals surface area contributed by atoms with Gasteiger partial charge in [-0.15, -0.1) is 0 Å². The molecule has 0 unspecified atom stereocenters. The van der Waals surface area contributed by atoms with E-state index in [9.17, 15) is 0 Å². The third-order valence-electron chi connectivity index (χ3n) is 3.30. The molecule has 2 N–H and O–H groups in total. The van der Waals surface area contributed by atoms with Gasteiger partial charge in [0.05, 0.1) is 0 Å². The third kappa shape index (κ3) is 3.29. The Morgan fingerprint density at radius 3 is 2.42 bits per heavy atom. The molecule has 100 valence electrons. The van der Waals surface area contributed by atoms with Crippen LogP contribution in [0, 0.1) is 0 Å². The van der Waals surface area contributed by atoms with Gasteiger partial charge in [0.25, 0.3) is 0 Å². The Labute approximate surface area is 123 Å². The quantitative estimate of drug-likeness (QED) is 0.855. The van der Waals surface area contributed by atoms with Crippen molar-refractivity contribution >= 4 is 27.3 Å². The number of benzene rings is 2. The van der Waals surface area contributed by atoms with E-state index in [1.165, 1.54) is 16.8 Å². The maximum atomic E-state index is 5.91. The van der Waals surface area contributed by atoms with Gasteiger partial charge in [-0.2, -0.15) is 0 Å². The average molecular weight is 319 g/mol. The number of anilines is 2. The van der Waals surface area contributed by atoms with E-state index in [0.717, 1.165) is 23.1 Å². The van der Waals surface area contributed by atoms with Gasteiger partial charge in [-0.25, -0.2) is 0 Å². The minimum absolute atomic E-state index is 0.784. The van der Waals surface area contributed by atoms with E-state index in [-0.39, 0.29) is 0 Å². The molecule has 0 saturated heterocycles. The number of hydrogen-bond donors (Lipinski definition) is 1. The molecule has 0 aromatic heterocycles. The fourth-order valence-electron chi connectivity index (χ4n) is 2.05. The first-order valence-corrected chi connectivity index (χ1v) is 7.24. The highest BCUT2D eigenvalue weighted by Gasteiger charge is 2.07. The molecule has 0 aliphatic heterocycles. The molecule has 0 saturated carbocycles. The summed E-state index contributed by atoms with van der Waals surface area (Å²) in [5.41, 5.74) is 10.5. The van der Waals surface area contributed by atoms with Crippen molar-refractivity contribution in [2.45, 2.75) is 19.9 Å². The second-order valence-electron chi connectivity index (χ2n) is 4.70. The molecule has 2 aromatic rings. The molecule has 2 nitrogen and oxygen atoms in total. The summed E-state index contributed by atoms with van der Waals surface area (Å²) in [6.07, 6.45) is 1.07. The summed E-state index contributed by atoms with van der Waals surface area (Å²) in [6.45, 7) is 3.00. The van der Waals surface area contributed by atoms with Crippen LogP contribution in [0.1, 0.15) is 18.1 Å². The van der Waals surface area contributed by atoms with Crippen molar-refractivity contribution in [2.75, 3.05) is 17.7 Å². The van der Waals surface area contributed by atoms with Crippen LogP contribution >= 0.6 is 15.9 Å². The topological polar surface area (TPSA) is 29.3 Å². The Balaban J connectivity index is 2.15. The van der Waals surface area contributed by atoms with Crippen LogP contribution in [0.4, 0.5) is 11.4 Å². The number of halogens is 1. The van der Waals surface area contributed by atoms with Gasteiger partial charge in [0.15, 0.2) is 0 Å². The molecular formula is C16H19BrN2. The van der Waals surface area contributed by atoms with Crippen LogP contribution in [-0.4, -0.2) is 7.05 Å². The molecule has 0 aliphatic carbocycles. The van der Waals surface area contributed by atoms with Crippen LogP contribution in [0.15, 0.2) is 46.9 Å². The van der Waals surface area contributed by atoms with E-state index in [4.69, 9.17) is 5.73 Å². The summed E-state index contributed by atoms with van der Waals surface area (Å²) >= 11 is 3.55. The van der Waals surface area contributed by atoms with Crippen molar-refractivity contribution in [1.82, 2.24) is 0 Å². The molecule has 0 spiro atoms. The molecule has 0 heterocycles. The van der Waals surface area contributed by atoms with Crippen molar-refractivity contribution in [3.63, 3.8) is 0 Å². The smallest absolute Gasteiger partial charge is 0.0461 e. The van der Waals surface area contributed by atoms with E-state index in [1.54, 1.807) is 0 Å². The van der Waals surface area contributed by atoms with Gasteiger partial charge in [-0.05, 0) is 51.7 Å². The zero-order valence-electron chi connectivity index (χ0n) is 11.4. The lowest BCUT2D eigenvalue weighted by Gasteiger charge is -2.21. The van der Waals surface area contributed by atoms with Gasteiger partial charge in [0.2, 0.25) is 0 Å². The summed E-state index contributed by atoms with van der Waals surface area (Å²) in [5, 5.41) is 0. The Morgan fingerprint density at radius 2 is 1.79 bits per heavy atom. The van der Waals surface area contributed by atoms with Gasteiger partial charge >= 0.3 is 0 Å². The Morgan fingerprint density at radius 1 is 1.11 bits per heavy atom. The van der Waals surface area contributed by atoms with Gasteiger partial charge < -0.3 is 10.6 Å². The monoisotopic (exact) mass is 318 g/mol. The maximum Gasteiger partial charge on any atom is 0.0461 e. The lowest BCUT2D eigenvalue weighted by atomic mass is 10.1. The molecule has 0 radical (unpaired) electrons. The van der Waals surface area contributed by atoms with E-state index in [2.05, 4.69) is 65.1 Å².